The molecule has 4 rings (SSSR count). The number of nitrogens with two attached hydrogens (primary N) is 1. The fourth-order valence-corrected chi connectivity index (χ4v) is 5.95. The molecule has 2 aromatic rings. The van der Waals surface area contributed by atoms with Gasteiger partial charge in [-0.3, -0.25) is 9.52 Å². The van der Waals surface area contributed by atoms with Crippen molar-refractivity contribution in [3.8, 4) is 0 Å². The van der Waals surface area contributed by atoms with Crippen molar-refractivity contribution >= 4 is 48.8 Å². The number of rotatable bonds is 5. The van der Waals surface area contributed by atoms with Crippen LogP contribution >= 0.6 is 0 Å². The molecule has 1 atom stereocenters. The molecule has 5 N–H and O–H groups in total. The zero-order chi connectivity index (χ0) is 26.7. The maximum atomic E-state index is 13.8. The number of hydrogen-bond donors (Lipinski definition) is 4. The largest absolute Gasteiger partial charge is 0.506 e. The van der Waals surface area contributed by atoms with E-state index >= 15 is 0 Å². The maximum Gasteiger partial charge on any atom is 0.286 e. The summed E-state index contributed by atoms with van der Waals surface area (Å²) in [5.74, 6) is -1.43. The smallest absolute Gasteiger partial charge is 0.286 e. The van der Waals surface area contributed by atoms with E-state index in [4.69, 9.17) is 5.73 Å². The van der Waals surface area contributed by atoms with Gasteiger partial charge in [-0.1, -0.05) is 45.0 Å². The van der Waals surface area contributed by atoms with Crippen LogP contribution in [0.2, 0.25) is 0 Å². The monoisotopic (exact) mass is 532 g/mol. The molecule has 0 saturated heterocycles. The first-order valence-electron chi connectivity index (χ1n) is 11.1. The third-order valence-corrected chi connectivity index (χ3v) is 7.99. The van der Waals surface area contributed by atoms with Crippen molar-refractivity contribution in [3.05, 3.63) is 59.2 Å². The van der Waals surface area contributed by atoms with Crippen LogP contribution < -0.4 is 15.8 Å². The summed E-state index contributed by atoms with van der Waals surface area (Å²) in [6, 6.07) is 10.6. The number of hydrogen-bond acceptors (Lipinski definition) is 8. The molecule has 0 spiro atoms. The van der Waals surface area contributed by atoms with E-state index in [0.717, 1.165) is 12.3 Å². The Balaban J connectivity index is 1.84. The second-order valence-corrected chi connectivity index (χ2v) is 13.6. The number of aliphatic hydroxyl groups is 1. The van der Waals surface area contributed by atoms with Crippen LogP contribution in [0.5, 0.6) is 0 Å². The third kappa shape index (κ3) is 4.75. The highest BCUT2D eigenvalue weighted by Gasteiger charge is 2.47. The number of Topliss-reactive ketones (excluding diaryl/α,β-unsaturated/α-hetero) is 1. The molecule has 0 bridgehead atoms. The number of nitrogens with zero attached hydrogens (tertiary/aromatic N) is 1. The highest BCUT2D eigenvalue weighted by molar-refractivity contribution is 7.92. The Morgan fingerprint density at radius 1 is 1.17 bits per heavy atom. The molecular formula is C24H28N4O6S2. The van der Waals surface area contributed by atoms with Crippen LogP contribution in [0.15, 0.2) is 57.3 Å². The molecule has 0 saturated carbocycles. The lowest BCUT2D eigenvalue weighted by molar-refractivity contribution is -0.121. The minimum atomic E-state index is -4.36. The number of fused-ring (bicyclic) bond motifs is 2. The van der Waals surface area contributed by atoms with E-state index < -0.39 is 37.1 Å². The quantitative estimate of drug-likeness (QED) is 0.455. The Kier molecular flexibility index (Phi) is 6.05. The van der Waals surface area contributed by atoms with Crippen molar-refractivity contribution in [2.24, 2.45) is 15.5 Å². The van der Waals surface area contributed by atoms with Gasteiger partial charge < -0.3 is 16.2 Å². The zero-order valence-corrected chi connectivity index (χ0v) is 21.9. The number of sulfonamides is 2. The summed E-state index contributed by atoms with van der Waals surface area (Å²) in [7, 11) is -8.00. The minimum Gasteiger partial charge on any atom is -0.506 e. The lowest BCUT2D eigenvalue weighted by Crippen LogP contribution is -2.51. The summed E-state index contributed by atoms with van der Waals surface area (Å²) in [5, 5.41) is 13.9. The van der Waals surface area contributed by atoms with Crippen LogP contribution in [0.4, 0.5) is 11.4 Å². The second kappa shape index (κ2) is 8.43. The van der Waals surface area contributed by atoms with Crippen molar-refractivity contribution in [2.75, 3.05) is 16.3 Å². The van der Waals surface area contributed by atoms with Gasteiger partial charge in [0.05, 0.1) is 11.9 Å². The SMILES string of the molecule is CC(C)(C)CC[C@@]1(N)C(=O)C(C2=NS(=O)(=O)c3cc(NS(C)(=O)=O)ccc3N2)=C(O)c2ccccc21. The molecule has 1 aliphatic carbocycles. The molecule has 10 nitrogen and oxygen atoms in total. The molecule has 36 heavy (non-hydrogen) atoms. The predicted molar refractivity (Wildman–Crippen MR) is 139 cm³/mol. The van der Waals surface area contributed by atoms with Gasteiger partial charge in [0, 0.05) is 11.3 Å². The number of ketones is 1. The Morgan fingerprint density at radius 2 is 1.83 bits per heavy atom. The summed E-state index contributed by atoms with van der Waals surface area (Å²) in [4.78, 5) is 13.6. The first-order valence-corrected chi connectivity index (χ1v) is 14.5. The van der Waals surface area contributed by atoms with Crippen LogP contribution in [0, 0.1) is 5.41 Å². The molecule has 0 unspecified atom stereocenters. The number of nitrogens with one attached hydrogen (secondary N) is 2. The van der Waals surface area contributed by atoms with E-state index in [1.54, 1.807) is 24.3 Å². The number of carbonyl (C=O) groups excluding carboxylic acids is 1. The van der Waals surface area contributed by atoms with Gasteiger partial charge in [-0.25, -0.2) is 8.42 Å². The van der Waals surface area contributed by atoms with E-state index in [2.05, 4.69) is 14.4 Å². The summed E-state index contributed by atoms with van der Waals surface area (Å²) in [5.41, 5.74) is 5.65. The molecular weight excluding hydrogens is 504 g/mol. The summed E-state index contributed by atoms with van der Waals surface area (Å²) < 4.78 is 55.2. The molecule has 12 heteroatoms. The highest BCUT2D eigenvalue weighted by Crippen LogP contribution is 2.42. The summed E-state index contributed by atoms with van der Waals surface area (Å²) >= 11 is 0. The number of anilines is 2. The Morgan fingerprint density at radius 3 is 2.47 bits per heavy atom. The summed E-state index contributed by atoms with van der Waals surface area (Å²) in [6.45, 7) is 6.06. The van der Waals surface area contributed by atoms with Crippen molar-refractivity contribution in [3.63, 3.8) is 0 Å². The standard InChI is InChI=1S/C24H28N4O6S2/c1-23(2,3)11-12-24(25)16-8-6-5-7-15(16)20(29)19(21(24)30)22-26-17-10-9-14(27-35(4,31)32)13-18(17)36(33,34)28-22/h5-10,13,27,29H,11-12,25H2,1-4H3,(H,26,28)/t24-/m0/s1. The van der Waals surface area contributed by atoms with Gasteiger partial charge in [0.25, 0.3) is 10.0 Å². The van der Waals surface area contributed by atoms with Crippen LogP contribution in [-0.2, 0) is 30.4 Å². The van der Waals surface area contributed by atoms with Gasteiger partial charge in [-0.05, 0) is 42.0 Å². The topological polar surface area (TPSA) is 168 Å². The van der Waals surface area contributed by atoms with Crippen LogP contribution in [0.3, 0.4) is 0 Å². The lowest BCUT2D eigenvalue weighted by Gasteiger charge is -2.37. The van der Waals surface area contributed by atoms with Crippen molar-refractivity contribution < 1.29 is 26.7 Å². The Bertz CT molecular complexity index is 1550. The van der Waals surface area contributed by atoms with E-state index in [-0.39, 0.29) is 39.5 Å². The highest BCUT2D eigenvalue weighted by atomic mass is 32.2. The van der Waals surface area contributed by atoms with Crippen LogP contribution in [-0.4, -0.2) is 39.8 Å². The summed E-state index contributed by atoms with van der Waals surface area (Å²) in [6.07, 6.45) is 1.80. The predicted octanol–water partition coefficient (Wildman–Crippen LogP) is 3.10. The van der Waals surface area contributed by atoms with Gasteiger partial charge in [0.1, 0.15) is 21.8 Å². The van der Waals surface area contributed by atoms with E-state index in [9.17, 15) is 26.7 Å². The first kappa shape index (κ1) is 25.9. The fraction of sp³-hybridized carbons (Fsp3) is 0.333. The van der Waals surface area contributed by atoms with Gasteiger partial charge in [0.2, 0.25) is 10.0 Å². The number of benzene rings is 2. The van der Waals surface area contributed by atoms with Gasteiger partial charge in [0.15, 0.2) is 11.6 Å². The minimum absolute atomic E-state index is 0.0353. The fourth-order valence-electron chi connectivity index (χ4n) is 4.25. The molecule has 0 aromatic heterocycles. The number of aliphatic hydroxyl groups excluding tert-OH is 1. The normalized spacial score (nSPS) is 21.2. The van der Waals surface area contributed by atoms with Crippen LogP contribution in [0.25, 0.3) is 5.76 Å². The molecule has 0 amide bonds. The van der Waals surface area contributed by atoms with Crippen molar-refractivity contribution in [1.29, 1.82) is 0 Å². The molecule has 2 aliphatic rings. The lowest BCUT2D eigenvalue weighted by atomic mass is 9.70. The van der Waals surface area contributed by atoms with E-state index in [1.807, 2.05) is 20.8 Å². The molecule has 192 valence electrons. The molecule has 0 fully saturated rings. The van der Waals surface area contributed by atoms with Gasteiger partial charge >= 0.3 is 0 Å². The molecule has 1 aliphatic heterocycles. The Labute approximate surface area is 210 Å². The van der Waals surface area contributed by atoms with E-state index in [0.29, 0.717) is 17.5 Å². The van der Waals surface area contributed by atoms with Gasteiger partial charge in [-0.15, -0.1) is 4.40 Å². The van der Waals surface area contributed by atoms with Gasteiger partial charge in [-0.2, -0.15) is 8.42 Å². The Hall–Kier alpha value is -3.22. The second-order valence-electron chi connectivity index (χ2n) is 10.3. The third-order valence-electron chi connectivity index (χ3n) is 6.07. The molecule has 0 radical (unpaired) electrons. The zero-order valence-electron chi connectivity index (χ0n) is 20.3. The van der Waals surface area contributed by atoms with Crippen molar-refractivity contribution in [1.82, 2.24) is 0 Å². The maximum absolute atomic E-state index is 13.8. The first-order chi connectivity index (χ1) is 16.5. The van der Waals surface area contributed by atoms with Crippen molar-refractivity contribution in [2.45, 2.75) is 44.0 Å². The molecule has 2 aromatic carbocycles. The average Bonchev–Trinajstić information content (AvgIpc) is 2.75. The average molecular weight is 533 g/mol. The molecule has 1 heterocycles. The van der Waals surface area contributed by atoms with E-state index in [1.165, 1.54) is 12.1 Å². The van der Waals surface area contributed by atoms with Crippen LogP contribution in [0.1, 0.15) is 44.7 Å². The number of amidine groups is 1. The number of carbonyl (C=O) groups is 1.